The summed E-state index contributed by atoms with van der Waals surface area (Å²) in [6.07, 6.45) is 12.7. The molecule has 0 bridgehead atoms. The van der Waals surface area contributed by atoms with Crippen LogP contribution in [0.25, 0.3) is 5.57 Å². The Morgan fingerprint density at radius 1 is 0.938 bits per heavy atom. The Hall–Kier alpha value is -2.44. The third-order valence-corrected chi connectivity index (χ3v) is 15.3. The van der Waals surface area contributed by atoms with Crippen molar-refractivity contribution >= 4 is 17.4 Å². The molecule has 5 aliphatic rings. The lowest BCUT2D eigenvalue weighted by Gasteiger charge is -2.68. The van der Waals surface area contributed by atoms with E-state index in [4.69, 9.17) is 0 Å². The number of carbonyl (C=O) groups is 2. The van der Waals surface area contributed by atoms with Gasteiger partial charge in [0.1, 0.15) is 0 Å². The second-order valence-electron chi connectivity index (χ2n) is 17.6. The van der Waals surface area contributed by atoms with E-state index in [1.54, 1.807) is 12.1 Å². The second-order valence-corrected chi connectivity index (χ2v) is 17.6. The molecular weight excluding hydrogens is 596 g/mol. The number of hydrogen-bond acceptors (Lipinski definition) is 4. The van der Waals surface area contributed by atoms with Gasteiger partial charge < -0.3 is 15.5 Å². The van der Waals surface area contributed by atoms with Gasteiger partial charge in [-0.2, -0.15) is 0 Å². The fourth-order valence-corrected chi connectivity index (χ4v) is 13.2. The number of benzene rings is 1. The fraction of sp³-hybridized carbons (Fsp3) is 0.714. The van der Waals surface area contributed by atoms with E-state index in [-0.39, 0.29) is 34.2 Å². The average Bonchev–Trinajstić information content (AvgIpc) is 3.46. The molecule has 0 saturated heterocycles. The highest BCUT2D eigenvalue weighted by molar-refractivity contribution is 5.88. The van der Waals surface area contributed by atoms with E-state index in [1.165, 1.54) is 36.8 Å². The molecule has 0 aliphatic heterocycles. The summed E-state index contributed by atoms with van der Waals surface area (Å²) < 4.78 is 0. The second kappa shape index (κ2) is 13.0. The molecule has 6 rings (SSSR count). The highest BCUT2D eigenvalue weighted by Gasteiger charge is 2.67. The van der Waals surface area contributed by atoms with Gasteiger partial charge in [0, 0.05) is 19.6 Å². The molecule has 1 aromatic carbocycles. The van der Waals surface area contributed by atoms with Crippen LogP contribution in [0.4, 0.5) is 0 Å². The molecule has 4 saturated carbocycles. The minimum atomic E-state index is -0.876. The number of rotatable bonds is 10. The van der Waals surface area contributed by atoms with Crippen LogP contribution in [0.5, 0.6) is 0 Å². The van der Waals surface area contributed by atoms with Gasteiger partial charge in [-0.05, 0) is 146 Å². The van der Waals surface area contributed by atoms with Crippen LogP contribution in [0.15, 0.2) is 42.5 Å². The van der Waals surface area contributed by atoms with Crippen LogP contribution < -0.4 is 5.32 Å². The van der Waals surface area contributed by atoms with Gasteiger partial charge in [0.25, 0.3) is 0 Å². The maximum absolute atomic E-state index is 14.3. The van der Waals surface area contributed by atoms with Gasteiger partial charge in [-0.3, -0.25) is 9.69 Å². The summed E-state index contributed by atoms with van der Waals surface area (Å²) in [6.45, 7) is 22.0. The molecule has 0 heterocycles. The van der Waals surface area contributed by atoms with Crippen molar-refractivity contribution in [3.05, 3.63) is 53.6 Å². The number of carboxylic acid groups (broad SMARTS) is 1. The van der Waals surface area contributed by atoms with Gasteiger partial charge in [0.2, 0.25) is 5.91 Å². The minimum Gasteiger partial charge on any atom is -0.478 e. The number of aliphatic hydroxyl groups excluding tert-OH is 1. The number of amides is 1. The van der Waals surface area contributed by atoms with E-state index in [9.17, 15) is 19.8 Å². The minimum absolute atomic E-state index is 0.00322. The van der Waals surface area contributed by atoms with E-state index < -0.39 is 5.97 Å². The summed E-state index contributed by atoms with van der Waals surface area (Å²) in [6, 6.07) is 7.53. The first kappa shape index (κ1) is 35.4. The van der Waals surface area contributed by atoms with Gasteiger partial charge in [-0.15, -0.1) is 0 Å². The summed E-state index contributed by atoms with van der Waals surface area (Å²) in [7, 11) is 0. The number of allylic oxidation sites excluding steroid dienone is 3. The number of carboxylic acids is 1. The Bertz CT molecular complexity index is 1430. The van der Waals surface area contributed by atoms with Crippen molar-refractivity contribution in [1.29, 1.82) is 0 Å². The molecule has 48 heavy (non-hydrogen) atoms. The summed E-state index contributed by atoms with van der Waals surface area (Å²) in [5.41, 5.74) is 4.32. The van der Waals surface area contributed by atoms with Gasteiger partial charge in [-0.25, -0.2) is 4.79 Å². The van der Waals surface area contributed by atoms with Crippen molar-refractivity contribution in [2.75, 3.05) is 32.8 Å². The van der Waals surface area contributed by atoms with Crippen molar-refractivity contribution in [1.82, 2.24) is 10.2 Å². The zero-order valence-corrected chi connectivity index (χ0v) is 30.6. The SMILES string of the molecule is C=C(C)[C@@H]1CC[C@]2(C(=O)NCCN(CC)CCO)CCC3[C@H](CC[C@@H]4[C@@]5(C)CC=C(c6ccc(C(=O)O)cc6)C(C)(C)[C@@H]5CC[C@@]34C)[C@@H]12. The molecule has 6 nitrogen and oxygen atoms in total. The summed E-state index contributed by atoms with van der Waals surface area (Å²) in [4.78, 5) is 28.0. The highest BCUT2D eigenvalue weighted by Crippen LogP contribution is 2.74. The number of aliphatic hydroxyl groups is 1. The van der Waals surface area contributed by atoms with Gasteiger partial charge >= 0.3 is 5.97 Å². The van der Waals surface area contributed by atoms with Crippen molar-refractivity contribution < 1.29 is 19.8 Å². The lowest BCUT2D eigenvalue weighted by atomic mass is 9.36. The number of nitrogens with one attached hydrogen (secondary N) is 1. The van der Waals surface area contributed by atoms with Crippen molar-refractivity contribution in [2.45, 2.75) is 99.3 Å². The van der Waals surface area contributed by atoms with Crippen molar-refractivity contribution in [2.24, 2.45) is 57.2 Å². The zero-order chi connectivity index (χ0) is 34.6. The third-order valence-electron chi connectivity index (χ3n) is 15.3. The molecule has 5 aliphatic carbocycles. The molecular formula is C42H62N2O4. The third kappa shape index (κ3) is 5.52. The first-order valence-corrected chi connectivity index (χ1v) is 19.1. The molecule has 0 spiro atoms. The molecule has 264 valence electrons. The van der Waals surface area contributed by atoms with Crippen LogP contribution in [0.2, 0.25) is 0 Å². The molecule has 6 heteroatoms. The van der Waals surface area contributed by atoms with Crippen molar-refractivity contribution in [3.8, 4) is 0 Å². The number of nitrogens with zero attached hydrogens (tertiary/aromatic N) is 1. The summed E-state index contributed by atoms with van der Waals surface area (Å²) in [5.74, 6) is 2.61. The van der Waals surface area contributed by atoms with Crippen LogP contribution in [0.3, 0.4) is 0 Å². The van der Waals surface area contributed by atoms with Gasteiger partial charge in [0.05, 0.1) is 17.6 Å². The van der Waals surface area contributed by atoms with E-state index in [0.717, 1.165) is 50.8 Å². The molecule has 1 unspecified atom stereocenters. The molecule has 9 atom stereocenters. The number of hydrogen-bond donors (Lipinski definition) is 3. The van der Waals surface area contributed by atoms with Gasteiger partial charge in [-0.1, -0.05) is 65.0 Å². The van der Waals surface area contributed by atoms with Crippen LogP contribution in [-0.2, 0) is 4.79 Å². The van der Waals surface area contributed by atoms with Crippen LogP contribution >= 0.6 is 0 Å². The standard InChI is InChI=1S/C42H62N2O4/c1-8-44(25-26-45)24-23-43-38(48)42-21-15-30(27(2)3)36(42)31-13-14-35-40(6,33(31)17-22-42)20-18-34-39(4,5)32(16-19-41(34,35)7)28-9-11-29(12-10-28)37(46)47/h9-12,16,30-31,33-36,45H,2,8,13-15,17-26H2,1,3-7H3,(H,43,48)(H,46,47)/t30-,31-,33?,34-,35-,36+,40-,41-,42-/m0/s1. The van der Waals surface area contributed by atoms with Gasteiger partial charge in [0.15, 0.2) is 0 Å². The van der Waals surface area contributed by atoms with E-state index in [1.807, 2.05) is 12.1 Å². The Kier molecular flexibility index (Phi) is 9.61. The van der Waals surface area contributed by atoms with Crippen molar-refractivity contribution in [3.63, 3.8) is 0 Å². The molecule has 3 N–H and O–H groups in total. The Morgan fingerprint density at radius 3 is 2.29 bits per heavy atom. The maximum atomic E-state index is 14.3. The van der Waals surface area contributed by atoms with Crippen LogP contribution in [-0.4, -0.2) is 59.8 Å². The Balaban J connectivity index is 1.26. The van der Waals surface area contributed by atoms with E-state index in [2.05, 4.69) is 64.4 Å². The molecule has 0 radical (unpaired) electrons. The molecule has 0 aromatic heterocycles. The lowest BCUT2D eigenvalue weighted by molar-refractivity contribution is -0.184. The number of fused-ring (bicyclic) bond motifs is 7. The molecule has 4 fully saturated rings. The lowest BCUT2D eigenvalue weighted by Crippen LogP contribution is -2.62. The first-order chi connectivity index (χ1) is 22.7. The Labute approximate surface area is 289 Å². The average molecular weight is 659 g/mol. The summed E-state index contributed by atoms with van der Waals surface area (Å²) in [5, 5.41) is 22.3. The monoisotopic (exact) mass is 658 g/mol. The van der Waals surface area contributed by atoms with Crippen LogP contribution in [0.1, 0.15) is 115 Å². The fourth-order valence-electron chi connectivity index (χ4n) is 13.2. The topological polar surface area (TPSA) is 89.9 Å². The molecule has 1 aromatic rings. The largest absolute Gasteiger partial charge is 0.478 e. The molecule has 1 amide bonds. The predicted octanol–water partition coefficient (Wildman–Crippen LogP) is 8.08. The normalized spacial score (nSPS) is 38.2. The zero-order valence-electron chi connectivity index (χ0n) is 30.6. The van der Waals surface area contributed by atoms with Crippen LogP contribution in [0, 0.1) is 57.2 Å². The van der Waals surface area contributed by atoms with E-state index in [0.29, 0.717) is 54.2 Å². The predicted molar refractivity (Wildman–Crippen MR) is 193 cm³/mol. The maximum Gasteiger partial charge on any atom is 0.335 e. The smallest absolute Gasteiger partial charge is 0.335 e. The Morgan fingerprint density at radius 2 is 1.65 bits per heavy atom. The quantitative estimate of drug-likeness (QED) is 0.221. The van der Waals surface area contributed by atoms with E-state index >= 15 is 0 Å². The summed E-state index contributed by atoms with van der Waals surface area (Å²) >= 11 is 0. The first-order valence-electron chi connectivity index (χ1n) is 19.1. The highest BCUT2D eigenvalue weighted by atomic mass is 16.4. The number of carbonyl (C=O) groups excluding carboxylic acids is 1. The number of likely N-dealkylation sites (N-methyl/N-ethyl adjacent to an activating group) is 1. The number of aromatic carboxylic acids is 1.